The number of nitrogens with one attached hydrogen (secondary N) is 1. The zero-order valence-electron chi connectivity index (χ0n) is 12.9. The van der Waals surface area contributed by atoms with Gasteiger partial charge in [-0.15, -0.1) is 0 Å². The molecule has 0 heterocycles. The Hall–Kier alpha value is -1.76. The number of hydrogen-bond acceptors (Lipinski definition) is 4. The molecular formula is C16H18ClNO4S. The first-order valence-electron chi connectivity index (χ1n) is 6.93. The first-order valence-corrected chi connectivity index (χ1v) is 8.79. The molecule has 0 radical (unpaired) electrons. The number of hydrogen-bond donors (Lipinski definition) is 1. The molecule has 2 rings (SSSR count). The number of benzene rings is 2. The van der Waals surface area contributed by atoms with Crippen molar-refractivity contribution < 1.29 is 17.9 Å². The van der Waals surface area contributed by atoms with Crippen LogP contribution in [0.5, 0.6) is 11.5 Å². The van der Waals surface area contributed by atoms with Crippen molar-refractivity contribution in [2.75, 3.05) is 20.8 Å². The average Bonchev–Trinajstić information content (AvgIpc) is 2.55. The molecule has 1 N–H and O–H groups in total. The Morgan fingerprint density at radius 3 is 2.48 bits per heavy atom. The first kappa shape index (κ1) is 17.6. The van der Waals surface area contributed by atoms with E-state index in [-0.39, 0.29) is 16.5 Å². The van der Waals surface area contributed by atoms with Crippen molar-refractivity contribution in [1.82, 2.24) is 4.72 Å². The number of halogens is 1. The van der Waals surface area contributed by atoms with Gasteiger partial charge in [-0.25, -0.2) is 13.1 Å². The topological polar surface area (TPSA) is 64.6 Å². The predicted octanol–water partition coefficient (Wildman–Crippen LogP) is 2.88. The van der Waals surface area contributed by atoms with Crippen molar-refractivity contribution in [2.45, 2.75) is 11.3 Å². The monoisotopic (exact) mass is 355 g/mol. The van der Waals surface area contributed by atoms with E-state index in [9.17, 15) is 8.42 Å². The van der Waals surface area contributed by atoms with Crippen LogP contribution in [0.4, 0.5) is 0 Å². The zero-order chi connectivity index (χ0) is 16.9. The van der Waals surface area contributed by atoms with E-state index in [0.717, 1.165) is 5.56 Å². The Morgan fingerprint density at radius 2 is 1.83 bits per heavy atom. The van der Waals surface area contributed by atoms with Crippen LogP contribution in [0.15, 0.2) is 47.4 Å². The summed E-state index contributed by atoms with van der Waals surface area (Å²) < 4.78 is 37.5. The van der Waals surface area contributed by atoms with Gasteiger partial charge in [-0.05, 0) is 30.2 Å². The third kappa shape index (κ3) is 4.37. The van der Waals surface area contributed by atoms with Crippen LogP contribution < -0.4 is 14.2 Å². The molecule has 0 aromatic heterocycles. The fourth-order valence-corrected chi connectivity index (χ4v) is 3.67. The van der Waals surface area contributed by atoms with Crippen LogP contribution in [0.25, 0.3) is 0 Å². The highest BCUT2D eigenvalue weighted by Crippen LogP contribution is 2.25. The third-order valence-electron chi connectivity index (χ3n) is 3.31. The lowest BCUT2D eigenvalue weighted by molar-refractivity contribution is 0.391. The average molecular weight is 356 g/mol. The summed E-state index contributed by atoms with van der Waals surface area (Å²) in [7, 11) is -0.504. The fourth-order valence-electron chi connectivity index (χ4n) is 2.12. The lowest BCUT2D eigenvalue weighted by Gasteiger charge is -2.11. The molecule has 0 aliphatic rings. The minimum atomic E-state index is -3.64. The summed E-state index contributed by atoms with van der Waals surface area (Å²) >= 11 is 5.93. The smallest absolute Gasteiger partial charge is 0.242 e. The minimum Gasteiger partial charge on any atom is -0.497 e. The number of sulfonamides is 1. The van der Waals surface area contributed by atoms with E-state index in [4.69, 9.17) is 21.1 Å². The molecule has 0 fully saturated rings. The van der Waals surface area contributed by atoms with Gasteiger partial charge >= 0.3 is 0 Å². The van der Waals surface area contributed by atoms with Crippen molar-refractivity contribution >= 4 is 21.6 Å². The van der Waals surface area contributed by atoms with Crippen molar-refractivity contribution in [3.63, 3.8) is 0 Å². The first-order chi connectivity index (χ1) is 11.0. The summed E-state index contributed by atoms with van der Waals surface area (Å²) in [6, 6.07) is 11.7. The van der Waals surface area contributed by atoms with Gasteiger partial charge in [0.2, 0.25) is 10.0 Å². The SMILES string of the molecule is COc1ccc(CCNS(=O)(=O)c2ccccc2Cl)c(OC)c1. The summed E-state index contributed by atoms with van der Waals surface area (Å²) in [6.45, 7) is 0.232. The fraction of sp³-hybridized carbons (Fsp3) is 0.250. The number of methoxy groups -OCH3 is 2. The normalized spacial score (nSPS) is 11.3. The summed E-state index contributed by atoms with van der Waals surface area (Å²) in [4.78, 5) is 0.0726. The van der Waals surface area contributed by atoms with Crippen molar-refractivity contribution in [3.05, 3.63) is 53.1 Å². The van der Waals surface area contributed by atoms with Crippen LogP contribution in [-0.2, 0) is 16.4 Å². The maximum atomic E-state index is 12.3. The number of ether oxygens (including phenoxy) is 2. The van der Waals surface area contributed by atoms with Gasteiger partial charge in [-0.3, -0.25) is 0 Å². The standard InChI is InChI=1S/C16H18ClNO4S/c1-21-13-8-7-12(15(11-13)22-2)9-10-18-23(19,20)16-6-4-3-5-14(16)17/h3-8,11,18H,9-10H2,1-2H3. The largest absolute Gasteiger partial charge is 0.497 e. The summed E-state index contributed by atoms with van der Waals surface area (Å²) in [5.74, 6) is 1.34. The van der Waals surface area contributed by atoms with Crippen LogP contribution in [0, 0.1) is 0 Å². The molecular weight excluding hydrogens is 338 g/mol. The molecule has 0 spiro atoms. The molecule has 0 amide bonds. The van der Waals surface area contributed by atoms with Crippen LogP contribution >= 0.6 is 11.6 Å². The molecule has 0 bridgehead atoms. The Kier molecular flexibility index (Phi) is 5.87. The second kappa shape index (κ2) is 7.68. The highest BCUT2D eigenvalue weighted by Gasteiger charge is 2.17. The van der Waals surface area contributed by atoms with Crippen molar-refractivity contribution in [1.29, 1.82) is 0 Å². The second-order valence-corrected chi connectivity index (χ2v) is 6.90. The second-order valence-electron chi connectivity index (χ2n) is 4.76. The molecule has 0 saturated carbocycles. The van der Waals surface area contributed by atoms with Gasteiger partial charge < -0.3 is 9.47 Å². The summed E-state index contributed by atoms with van der Waals surface area (Å²) in [5.41, 5.74) is 0.884. The van der Waals surface area contributed by atoms with Gasteiger partial charge in [0.1, 0.15) is 16.4 Å². The molecule has 2 aromatic carbocycles. The quantitative estimate of drug-likeness (QED) is 0.829. The van der Waals surface area contributed by atoms with E-state index in [1.54, 1.807) is 44.6 Å². The van der Waals surface area contributed by atoms with Crippen LogP contribution in [0.2, 0.25) is 5.02 Å². The molecule has 0 saturated heterocycles. The van der Waals surface area contributed by atoms with Crippen molar-refractivity contribution in [3.8, 4) is 11.5 Å². The highest BCUT2D eigenvalue weighted by molar-refractivity contribution is 7.89. The predicted molar refractivity (Wildman–Crippen MR) is 89.9 cm³/mol. The molecule has 5 nitrogen and oxygen atoms in total. The van der Waals surface area contributed by atoms with Crippen LogP contribution in [-0.4, -0.2) is 29.2 Å². The van der Waals surface area contributed by atoms with Gasteiger partial charge in [0, 0.05) is 12.6 Å². The van der Waals surface area contributed by atoms with Gasteiger partial charge in [-0.2, -0.15) is 0 Å². The van der Waals surface area contributed by atoms with Crippen LogP contribution in [0.3, 0.4) is 0 Å². The van der Waals surface area contributed by atoms with E-state index in [1.165, 1.54) is 6.07 Å². The maximum absolute atomic E-state index is 12.3. The van der Waals surface area contributed by atoms with Gasteiger partial charge in [0.15, 0.2) is 0 Å². The lowest BCUT2D eigenvalue weighted by Crippen LogP contribution is -2.26. The van der Waals surface area contributed by atoms with Crippen LogP contribution in [0.1, 0.15) is 5.56 Å². The molecule has 0 aliphatic carbocycles. The van der Waals surface area contributed by atoms with E-state index >= 15 is 0 Å². The van der Waals surface area contributed by atoms with E-state index in [2.05, 4.69) is 4.72 Å². The summed E-state index contributed by atoms with van der Waals surface area (Å²) in [6.07, 6.45) is 0.483. The molecule has 124 valence electrons. The summed E-state index contributed by atoms with van der Waals surface area (Å²) in [5, 5.41) is 0.196. The Balaban J connectivity index is 2.06. The molecule has 0 unspecified atom stereocenters. The Bertz CT molecular complexity index is 777. The molecule has 7 heteroatoms. The van der Waals surface area contributed by atoms with E-state index in [0.29, 0.717) is 17.9 Å². The lowest BCUT2D eigenvalue weighted by atomic mass is 10.1. The third-order valence-corrected chi connectivity index (χ3v) is 5.27. The molecule has 2 aromatic rings. The maximum Gasteiger partial charge on any atom is 0.242 e. The minimum absolute atomic E-state index is 0.0726. The Morgan fingerprint density at radius 1 is 1.09 bits per heavy atom. The van der Waals surface area contributed by atoms with Crippen molar-refractivity contribution in [2.24, 2.45) is 0 Å². The molecule has 0 aliphatic heterocycles. The molecule has 0 atom stereocenters. The van der Waals surface area contributed by atoms with E-state index in [1.807, 2.05) is 6.07 Å². The zero-order valence-corrected chi connectivity index (χ0v) is 14.4. The highest BCUT2D eigenvalue weighted by atomic mass is 35.5. The van der Waals surface area contributed by atoms with Gasteiger partial charge in [0.25, 0.3) is 0 Å². The Labute approximate surface area is 141 Å². The van der Waals surface area contributed by atoms with E-state index < -0.39 is 10.0 Å². The van der Waals surface area contributed by atoms with Gasteiger partial charge in [-0.1, -0.05) is 29.8 Å². The molecule has 23 heavy (non-hydrogen) atoms. The number of rotatable bonds is 7. The van der Waals surface area contributed by atoms with Gasteiger partial charge in [0.05, 0.1) is 19.2 Å².